The fourth-order valence-corrected chi connectivity index (χ4v) is 6.67. The van der Waals surface area contributed by atoms with E-state index in [-0.39, 0.29) is 16.7 Å². The lowest BCUT2D eigenvalue weighted by molar-refractivity contribution is 0.168. The summed E-state index contributed by atoms with van der Waals surface area (Å²) in [5.41, 5.74) is 2.14. The molecular weight excluding hydrogens is 426 g/mol. The van der Waals surface area contributed by atoms with Crippen LogP contribution in [0.15, 0.2) is 29.9 Å². The van der Waals surface area contributed by atoms with Crippen LogP contribution >= 0.6 is 22.7 Å². The summed E-state index contributed by atoms with van der Waals surface area (Å²) in [7, 11) is 0. The van der Waals surface area contributed by atoms with Gasteiger partial charge in [0.2, 0.25) is 0 Å². The van der Waals surface area contributed by atoms with Gasteiger partial charge in [-0.05, 0) is 37.6 Å². The van der Waals surface area contributed by atoms with Crippen molar-refractivity contribution in [1.29, 1.82) is 0 Å². The first-order chi connectivity index (χ1) is 14.6. The third kappa shape index (κ3) is 2.76. The number of fused-ring (bicyclic) bond motifs is 2. The van der Waals surface area contributed by atoms with Gasteiger partial charge in [0.05, 0.1) is 28.0 Å². The first-order valence-corrected chi connectivity index (χ1v) is 11.5. The van der Waals surface area contributed by atoms with Crippen molar-refractivity contribution < 1.29 is 13.5 Å². The zero-order chi connectivity index (χ0) is 20.3. The molecule has 5 heterocycles. The molecule has 3 aromatic heterocycles. The molecule has 0 saturated carbocycles. The molecule has 1 spiro atoms. The number of anilines is 2. The molecule has 5 nitrogen and oxygen atoms in total. The molecule has 0 radical (unpaired) electrons. The highest BCUT2D eigenvalue weighted by Gasteiger charge is 2.46. The molecule has 2 saturated heterocycles. The van der Waals surface area contributed by atoms with Crippen molar-refractivity contribution in [3.8, 4) is 0 Å². The smallest absolute Gasteiger partial charge is 0.176 e. The third-order valence-electron chi connectivity index (χ3n) is 6.21. The number of benzene rings is 1. The van der Waals surface area contributed by atoms with Gasteiger partial charge in [0.1, 0.15) is 16.0 Å². The molecule has 2 atom stereocenters. The Morgan fingerprint density at radius 2 is 2.20 bits per heavy atom. The van der Waals surface area contributed by atoms with Gasteiger partial charge in [-0.2, -0.15) is 0 Å². The van der Waals surface area contributed by atoms with E-state index >= 15 is 0 Å². The Labute approximate surface area is 179 Å². The molecule has 0 bridgehead atoms. The van der Waals surface area contributed by atoms with E-state index in [0.717, 1.165) is 36.2 Å². The summed E-state index contributed by atoms with van der Waals surface area (Å²) in [6, 6.07) is 5.19. The lowest BCUT2D eigenvalue weighted by atomic mass is 9.83. The summed E-state index contributed by atoms with van der Waals surface area (Å²) in [5, 5.41) is 7.49. The van der Waals surface area contributed by atoms with Crippen molar-refractivity contribution in [1.82, 2.24) is 15.3 Å². The Morgan fingerprint density at radius 3 is 3.07 bits per heavy atom. The van der Waals surface area contributed by atoms with Gasteiger partial charge in [0.15, 0.2) is 11.6 Å². The standard InChI is InChI=1S/C21H18F2N4OS2/c22-13-8-16-19(25-10-29-16)17(23)18(13)27-14-2-4-24-20-11(14)7-15(30-20)12-1-5-26-21(12)3-6-28-9-21/h2,4,7-8,10,12,26H,1,3,5-6,9H2,(H,24,27)/t12-,21-/m1/s1. The average molecular weight is 445 g/mol. The van der Waals surface area contributed by atoms with Crippen LogP contribution < -0.4 is 10.6 Å². The van der Waals surface area contributed by atoms with Crippen LogP contribution in [0.25, 0.3) is 20.4 Å². The van der Waals surface area contributed by atoms with Gasteiger partial charge in [-0.15, -0.1) is 22.7 Å². The van der Waals surface area contributed by atoms with E-state index in [2.05, 4.69) is 26.7 Å². The van der Waals surface area contributed by atoms with E-state index in [1.54, 1.807) is 23.6 Å². The number of nitrogens with zero attached hydrogens (tertiary/aromatic N) is 2. The molecule has 0 aliphatic carbocycles. The zero-order valence-electron chi connectivity index (χ0n) is 15.9. The number of hydrogen-bond acceptors (Lipinski definition) is 7. The predicted octanol–water partition coefficient (Wildman–Crippen LogP) is 5.16. The minimum Gasteiger partial charge on any atom is -0.379 e. The van der Waals surface area contributed by atoms with E-state index in [4.69, 9.17) is 4.74 Å². The summed E-state index contributed by atoms with van der Waals surface area (Å²) in [5.74, 6) is -0.952. The number of halogens is 2. The number of thiophene rings is 1. The maximum atomic E-state index is 14.9. The van der Waals surface area contributed by atoms with Gasteiger partial charge in [0, 0.05) is 29.0 Å². The van der Waals surface area contributed by atoms with Crippen molar-refractivity contribution in [3.63, 3.8) is 0 Å². The minimum absolute atomic E-state index is 0.0116. The summed E-state index contributed by atoms with van der Waals surface area (Å²) in [6.45, 7) is 2.45. The molecule has 154 valence electrons. The first kappa shape index (κ1) is 18.6. The Balaban J connectivity index is 1.41. The molecule has 30 heavy (non-hydrogen) atoms. The lowest BCUT2D eigenvalue weighted by Gasteiger charge is -2.28. The topological polar surface area (TPSA) is 59.1 Å². The maximum absolute atomic E-state index is 14.9. The van der Waals surface area contributed by atoms with Crippen LogP contribution in [0.5, 0.6) is 0 Å². The van der Waals surface area contributed by atoms with Crippen LogP contribution in [0.2, 0.25) is 0 Å². The van der Waals surface area contributed by atoms with Gasteiger partial charge >= 0.3 is 0 Å². The zero-order valence-corrected chi connectivity index (χ0v) is 17.5. The van der Waals surface area contributed by atoms with E-state index in [9.17, 15) is 8.78 Å². The van der Waals surface area contributed by atoms with Gasteiger partial charge in [0.25, 0.3) is 0 Å². The monoisotopic (exact) mass is 444 g/mol. The molecule has 2 aliphatic rings. The molecule has 1 aromatic carbocycles. The quantitative estimate of drug-likeness (QED) is 0.457. The fourth-order valence-electron chi connectivity index (χ4n) is 4.70. The maximum Gasteiger partial charge on any atom is 0.176 e. The Hall–Kier alpha value is -2.20. The Kier molecular flexibility index (Phi) is 4.28. The SMILES string of the molecule is Fc1cc2scnc2c(F)c1Nc1ccnc2sc([C@H]3CCN[C@@]34CCOC4)cc12. The van der Waals surface area contributed by atoms with Crippen LogP contribution in [0, 0.1) is 11.6 Å². The second-order valence-corrected chi connectivity index (χ2v) is 9.77. The van der Waals surface area contributed by atoms with Crippen molar-refractivity contribution >= 4 is 54.5 Å². The van der Waals surface area contributed by atoms with Crippen molar-refractivity contribution in [3.05, 3.63) is 46.4 Å². The first-order valence-electron chi connectivity index (χ1n) is 9.84. The van der Waals surface area contributed by atoms with Crippen LogP contribution in [0.1, 0.15) is 23.6 Å². The third-order valence-corrected chi connectivity index (χ3v) is 8.14. The summed E-state index contributed by atoms with van der Waals surface area (Å²) in [6.07, 6.45) is 3.71. The van der Waals surface area contributed by atoms with E-state index in [0.29, 0.717) is 22.9 Å². The number of aromatic nitrogens is 2. The summed E-state index contributed by atoms with van der Waals surface area (Å²) >= 11 is 2.86. The molecule has 2 fully saturated rings. The van der Waals surface area contributed by atoms with E-state index < -0.39 is 11.6 Å². The Bertz CT molecular complexity index is 1260. The predicted molar refractivity (Wildman–Crippen MR) is 116 cm³/mol. The molecule has 0 unspecified atom stereocenters. The van der Waals surface area contributed by atoms with Gasteiger partial charge in [-0.1, -0.05) is 0 Å². The molecule has 2 N–H and O–H groups in total. The van der Waals surface area contributed by atoms with Crippen molar-refractivity contribution in [2.75, 3.05) is 25.1 Å². The van der Waals surface area contributed by atoms with Gasteiger partial charge in [-0.25, -0.2) is 18.7 Å². The average Bonchev–Trinajstić information content (AvgIpc) is 3.52. The number of hydrogen-bond donors (Lipinski definition) is 2. The van der Waals surface area contributed by atoms with Crippen LogP contribution in [0.4, 0.5) is 20.2 Å². The second-order valence-electron chi connectivity index (χ2n) is 7.82. The second kappa shape index (κ2) is 6.91. The van der Waals surface area contributed by atoms with Gasteiger partial charge in [-0.3, -0.25) is 0 Å². The van der Waals surface area contributed by atoms with Crippen LogP contribution in [-0.2, 0) is 4.74 Å². The van der Waals surface area contributed by atoms with Crippen LogP contribution in [0.3, 0.4) is 0 Å². The molecule has 6 rings (SSSR count). The molecule has 0 amide bonds. The normalized spacial score (nSPS) is 23.9. The number of rotatable bonds is 3. The highest BCUT2D eigenvalue weighted by Crippen LogP contribution is 2.46. The van der Waals surface area contributed by atoms with Crippen LogP contribution in [-0.4, -0.2) is 35.3 Å². The number of pyridine rings is 1. The summed E-state index contributed by atoms with van der Waals surface area (Å²) < 4.78 is 35.7. The van der Waals surface area contributed by atoms with Crippen molar-refractivity contribution in [2.45, 2.75) is 24.3 Å². The lowest BCUT2D eigenvalue weighted by Crippen LogP contribution is -2.44. The number of ether oxygens (including phenoxy) is 1. The number of nitrogens with one attached hydrogen (secondary N) is 2. The largest absolute Gasteiger partial charge is 0.379 e. The Morgan fingerprint density at radius 1 is 1.27 bits per heavy atom. The highest BCUT2D eigenvalue weighted by molar-refractivity contribution is 7.18. The fraction of sp³-hybridized carbons (Fsp3) is 0.333. The summed E-state index contributed by atoms with van der Waals surface area (Å²) in [4.78, 5) is 10.6. The molecule has 4 aromatic rings. The molecule has 2 aliphatic heterocycles. The van der Waals surface area contributed by atoms with E-state index in [1.165, 1.54) is 27.8 Å². The van der Waals surface area contributed by atoms with Crippen molar-refractivity contribution in [2.24, 2.45) is 0 Å². The molecule has 9 heteroatoms. The minimum atomic E-state index is -0.672. The van der Waals surface area contributed by atoms with Gasteiger partial charge < -0.3 is 15.4 Å². The van der Waals surface area contributed by atoms with E-state index in [1.807, 2.05) is 0 Å². The molecular formula is C21H18F2N4OS2. The highest BCUT2D eigenvalue weighted by atomic mass is 32.1. The number of thiazole rings is 1.